The van der Waals surface area contributed by atoms with Gasteiger partial charge in [0.25, 0.3) is 0 Å². The highest BCUT2D eigenvalue weighted by atomic mass is 28.3. The van der Waals surface area contributed by atoms with Gasteiger partial charge in [-0.05, 0) is 112 Å². The molecular formula is C78H56N2Si2. The molecule has 2 nitrogen and oxygen atoms in total. The lowest BCUT2D eigenvalue weighted by Gasteiger charge is -2.35. The van der Waals surface area contributed by atoms with Crippen molar-refractivity contribution in [2.45, 2.75) is 0 Å². The molecule has 4 heteroatoms. The first-order valence-corrected chi connectivity index (χ1v) is 32.4. The van der Waals surface area contributed by atoms with Crippen LogP contribution in [0.3, 0.4) is 0 Å². The first-order valence-electron chi connectivity index (χ1n) is 28.4. The summed E-state index contributed by atoms with van der Waals surface area (Å²) >= 11 is 0. The molecule has 0 unspecified atom stereocenters. The summed E-state index contributed by atoms with van der Waals surface area (Å²) < 4.78 is 5.03. The van der Waals surface area contributed by atoms with E-state index in [1.807, 2.05) is 0 Å². The Morgan fingerprint density at radius 1 is 0.195 bits per heavy atom. The lowest BCUT2D eigenvalue weighted by Crippen LogP contribution is -2.74. The molecule has 13 aromatic carbocycles. The molecule has 0 atom stereocenters. The topological polar surface area (TPSA) is 9.86 Å². The van der Waals surface area contributed by atoms with Crippen LogP contribution in [0.1, 0.15) is 0 Å². The zero-order valence-corrected chi connectivity index (χ0v) is 47.2. The van der Waals surface area contributed by atoms with Crippen molar-refractivity contribution in [2.75, 3.05) is 0 Å². The Kier molecular flexibility index (Phi) is 12.3. The van der Waals surface area contributed by atoms with Gasteiger partial charge in [-0.2, -0.15) is 0 Å². The fraction of sp³-hybridized carbons (Fsp3) is 0. The van der Waals surface area contributed by atoms with Crippen LogP contribution < -0.4 is 41.5 Å². The Morgan fingerprint density at radius 3 is 1.16 bits per heavy atom. The Morgan fingerprint density at radius 2 is 0.573 bits per heavy atom. The SMILES string of the molecule is c1ccc(-c2cccc([Si](c3ccccc3)(c3ccccc3)c3cccc(-n4c5ccc(-n6c7ccccc7c7cc([Si](c8ccccc8)(c8ccccc8)c8ccccc8)ccc76)cc5c5c(-c6ccccc6)cccc54)c3)c2)cc1. The van der Waals surface area contributed by atoms with Crippen LogP contribution in [-0.2, 0) is 0 Å². The van der Waals surface area contributed by atoms with Gasteiger partial charge in [0.2, 0.25) is 0 Å². The van der Waals surface area contributed by atoms with Crippen LogP contribution in [0.4, 0.5) is 0 Å². The van der Waals surface area contributed by atoms with Crippen LogP contribution >= 0.6 is 0 Å². The predicted molar refractivity (Wildman–Crippen MR) is 353 cm³/mol. The van der Waals surface area contributed by atoms with Gasteiger partial charge in [-0.15, -0.1) is 0 Å². The molecule has 0 aliphatic rings. The fourth-order valence-corrected chi connectivity index (χ4v) is 23.3. The minimum atomic E-state index is -2.99. The van der Waals surface area contributed by atoms with Crippen molar-refractivity contribution < 1.29 is 0 Å². The highest BCUT2D eigenvalue weighted by molar-refractivity contribution is 7.20. The van der Waals surface area contributed by atoms with Crippen LogP contribution in [0.25, 0.3) is 77.2 Å². The first-order chi connectivity index (χ1) is 40.7. The summed E-state index contributed by atoms with van der Waals surface area (Å²) in [6, 6.07) is 127. The van der Waals surface area contributed by atoms with Crippen molar-refractivity contribution in [3.8, 4) is 33.6 Å². The van der Waals surface area contributed by atoms with E-state index >= 15 is 0 Å². The summed E-state index contributed by atoms with van der Waals surface area (Å²) in [5, 5.41) is 15.7. The molecule has 0 amide bonds. The van der Waals surface area contributed by atoms with Crippen molar-refractivity contribution in [3.63, 3.8) is 0 Å². The predicted octanol–water partition coefficient (Wildman–Crippen LogP) is 14.0. The average Bonchev–Trinajstić information content (AvgIpc) is 2.42. The van der Waals surface area contributed by atoms with Crippen LogP contribution in [0.2, 0.25) is 0 Å². The number of nitrogens with zero attached hydrogens (tertiary/aromatic N) is 2. The lowest BCUT2D eigenvalue weighted by molar-refractivity contribution is 1.17. The van der Waals surface area contributed by atoms with E-state index in [2.05, 4.69) is 349 Å². The Balaban J connectivity index is 0.968. The van der Waals surface area contributed by atoms with Crippen LogP contribution in [0.5, 0.6) is 0 Å². The molecule has 0 fully saturated rings. The minimum Gasteiger partial charge on any atom is -0.309 e. The summed E-state index contributed by atoms with van der Waals surface area (Å²) in [7, 11) is -5.80. The molecule has 82 heavy (non-hydrogen) atoms. The van der Waals surface area contributed by atoms with E-state index in [1.54, 1.807) is 0 Å². The van der Waals surface area contributed by atoms with Gasteiger partial charge in [0.05, 0.1) is 22.1 Å². The Hall–Kier alpha value is -10.1. The van der Waals surface area contributed by atoms with E-state index in [0.29, 0.717) is 0 Å². The maximum atomic E-state index is 2.53. The average molecular weight is 1080 g/mol. The van der Waals surface area contributed by atoms with Crippen molar-refractivity contribution in [3.05, 3.63) is 340 Å². The second kappa shape index (κ2) is 20.5. The summed E-state index contributed by atoms with van der Waals surface area (Å²) in [5.74, 6) is 0. The van der Waals surface area contributed by atoms with Crippen molar-refractivity contribution in [1.82, 2.24) is 9.13 Å². The molecule has 15 aromatic rings. The zero-order valence-electron chi connectivity index (χ0n) is 45.2. The highest BCUT2D eigenvalue weighted by Crippen LogP contribution is 2.41. The second-order valence-corrected chi connectivity index (χ2v) is 29.1. The second-order valence-electron chi connectivity index (χ2n) is 21.5. The van der Waals surface area contributed by atoms with E-state index in [4.69, 9.17) is 0 Å². The molecule has 2 heterocycles. The molecule has 0 bridgehead atoms. The van der Waals surface area contributed by atoms with Gasteiger partial charge < -0.3 is 9.13 Å². The van der Waals surface area contributed by atoms with Crippen molar-refractivity contribution >= 4 is 101 Å². The van der Waals surface area contributed by atoms with Gasteiger partial charge in [0.15, 0.2) is 16.1 Å². The van der Waals surface area contributed by atoms with Crippen molar-refractivity contribution in [1.29, 1.82) is 0 Å². The third kappa shape index (κ3) is 7.90. The third-order valence-electron chi connectivity index (χ3n) is 17.2. The molecule has 0 saturated carbocycles. The first kappa shape index (κ1) is 49.0. The molecule has 0 saturated heterocycles. The van der Waals surface area contributed by atoms with Crippen molar-refractivity contribution in [2.24, 2.45) is 0 Å². The van der Waals surface area contributed by atoms with E-state index < -0.39 is 16.1 Å². The van der Waals surface area contributed by atoms with Crippen LogP contribution in [-0.4, -0.2) is 25.3 Å². The van der Waals surface area contributed by atoms with E-state index in [1.165, 1.54) is 102 Å². The van der Waals surface area contributed by atoms with E-state index in [9.17, 15) is 0 Å². The molecule has 386 valence electrons. The van der Waals surface area contributed by atoms with E-state index in [0.717, 1.165) is 16.9 Å². The number of rotatable bonds is 12. The van der Waals surface area contributed by atoms with Gasteiger partial charge in [0.1, 0.15) is 0 Å². The van der Waals surface area contributed by atoms with E-state index in [-0.39, 0.29) is 0 Å². The molecule has 15 rings (SSSR count). The van der Waals surface area contributed by atoms with Gasteiger partial charge >= 0.3 is 0 Å². The molecule has 0 spiro atoms. The number of hydrogen-bond acceptors (Lipinski definition) is 0. The molecule has 0 aliphatic carbocycles. The molecule has 0 radical (unpaired) electrons. The summed E-state index contributed by atoms with van der Waals surface area (Å²) in [5.41, 5.74) is 11.8. The van der Waals surface area contributed by atoms with Gasteiger partial charge in [-0.25, -0.2) is 0 Å². The van der Waals surface area contributed by atoms with Gasteiger partial charge in [-0.3, -0.25) is 0 Å². The third-order valence-corrected chi connectivity index (χ3v) is 26.7. The molecule has 0 aliphatic heterocycles. The molecule has 2 aromatic heterocycles. The Bertz CT molecular complexity index is 4630. The summed E-state index contributed by atoms with van der Waals surface area (Å²) in [6.45, 7) is 0. The monoisotopic (exact) mass is 1080 g/mol. The van der Waals surface area contributed by atoms with Crippen LogP contribution in [0, 0.1) is 0 Å². The summed E-state index contributed by atoms with van der Waals surface area (Å²) in [6.07, 6.45) is 0. The normalized spacial score (nSPS) is 11.9. The van der Waals surface area contributed by atoms with Gasteiger partial charge in [0, 0.05) is 32.9 Å². The number of benzene rings is 13. The quantitative estimate of drug-likeness (QED) is 0.0852. The highest BCUT2D eigenvalue weighted by Gasteiger charge is 2.43. The zero-order chi connectivity index (χ0) is 54.5. The summed E-state index contributed by atoms with van der Waals surface area (Å²) in [4.78, 5) is 0. The molecule has 0 N–H and O–H groups in total. The number of hydrogen-bond donors (Lipinski definition) is 0. The standard InChI is InChI=1S/C78H56N2Si2/c1-8-27-57(28-9-1)59-31-24-43-67(53-59)82(65-39-18-6-19-40-65,66-41-20-7-21-42-66)68-44-25-32-60(54-68)80-76-51-49-61(55-73(76)78-70(46-26-48-77(78)80)58-29-10-2-11-30-58)79-74-47-23-22-45-71(74)72-56-69(50-52-75(72)79)81(62-33-12-3-13-34-62,63-35-14-4-15-36-63)64-37-16-5-17-38-64/h1-56H. The largest absolute Gasteiger partial charge is 0.309 e. The minimum absolute atomic E-state index is 1.12. The maximum Gasteiger partial charge on any atom is 0.179 e. The van der Waals surface area contributed by atoms with Crippen LogP contribution in [0.15, 0.2) is 340 Å². The Labute approximate surface area is 480 Å². The number of fused-ring (bicyclic) bond motifs is 6. The smallest absolute Gasteiger partial charge is 0.179 e. The van der Waals surface area contributed by atoms with Gasteiger partial charge in [-0.1, -0.05) is 291 Å². The molecular weight excluding hydrogens is 1020 g/mol. The number of para-hydroxylation sites is 1. The fourth-order valence-electron chi connectivity index (χ4n) is 13.7. The number of aromatic nitrogens is 2. The maximum absolute atomic E-state index is 2.99. The lowest BCUT2D eigenvalue weighted by atomic mass is 9.99.